The largest absolute Gasteiger partial charge is 0.762 e. The third kappa shape index (κ3) is 2.15. The van der Waals surface area contributed by atoms with Crippen molar-refractivity contribution in [2.45, 2.75) is 0 Å². The van der Waals surface area contributed by atoms with Gasteiger partial charge in [0.25, 0.3) is 0 Å². The molecule has 0 N–H and O–H groups in total. The van der Waals surface area contributed by atoms with E-state index in [-0.39, 0.29) is 0 Å². The Hall–Kier alpha value is -1.73. The SMILES string of the molecule is COc1ccc(C(=C=[N-])N(C)C)cc1. The lowest BCUT2D eigenvalue weighted by Crippen LogP contribution is -2.10. The Kier molecular flexibility index (Phi) is 3.32. The van der Waals surface area contributed by atoms with E-state index >= 15 is 0 Å². The Morgan fingerprint density at radius 1 is 1.29 bits per heavy atom. The van der Waals surface area contributed by atoms with E-state index in [2.05, 4.69) is 5.87 Å². The minimum Gasteiger partial charge on any atom is -0.762 e. The van der Waals surface area contributed by atoms with Crippen molar-refractivity contribution in [2.24, 2.45) is 0 Å². The van der Waals surface area contributed by atoms with Crippen molar-refractivity contribution in [3.05, 3.63) is 35.2 Å². The van der Waals surface area contributed by atoms with Crippen LogP contribution in [0.1, 0.15) is 5.56 Å². The van der Waals surface area contributed by atoms with Gasteiger partial charge in [-0.3, -0.25) is 0 Å². The normalized spacial score (nSPS) is 9.07. The summed E-state index contributed by atoms with van der Waals surface area (Å²) in [6.45, 7) is 0. The second-order valence-corrected chi connectivity index (χ2v) is 3.08. The highest BCUT2D eigenvalue weighted by atomic mass is 16.5. The molecular weight excluding hydrogens is 176 g/mol. The Balaban J connectivity index is 3.02. The zero-order valence-corrected chi connectivity index (χ0v) is 8.61. The van der Waals surface area contributed by atoms with Gasteiger partial charge in [-0.15, -0.1) is 0 Å². The number of nitrogens with zero attached hydrogens (tertiary/aromatic N) is 2. The van der Waals surface area contributed by atoms with Crippen LogP contribution < -0.4 is 4.74 Å². The molecule has 0 amide bonds. The fraction of sp³-hybridized carbons (Fsp3) is 0.273. The maximum atomic E-state index is 8.92. The summed E-state index contributed by atoms with van der Waals surface area (Å²) in [6, 6.07) is 7.43. The van der Waals surface area contributed by atoms with E-state index in [1.807, 2.05) is 38.4 Å². The second kappa shape index (κ2) is 4.49. The molecule has 1 rings (SSSR count). The predicted octanol–water partition coefficient (Wildman–Crippen LogP) is 1.84. The first-order valence-electron chi connectivity index (χ1n) is 4.28. The Morgan fingerprint density at radius 3 is 2.21 bits per heavy atom. The molecule has 0 aliphatic rings. The third-order valence-corrected chi connectivity index (χ3v) is 1.92. The molecule has 14 heavy (non-hydrogen) atoms. The highest BCUT2D eigenvalue weighted by Crippen LogP contribution is 2.17. The van der Waals surface area contributed by atoms with Gasteiger partial charge in [0.15, 0.2) is 0 Å². The van der Waals surface area contributed by atoms with Crippen LogP contribution in [0.4, 0.5) is 0 Å². The van der Waals surface area contributed by atoms with Crippen molar-refractivity contribution in [2.75, 3.05) is 21.2 Å². The van der Waals surface area contributed by atoms with Crippen LogP contribution in [-0.4, -0.2) is 32.0 Å². The van der Waals surface area contributed by atoms with E-state index in [0.717, 1.165) is 11.3 Å². The molecule has 1 aromatic carbocycles. The van der Waals surface area contributed by atoms with E-state index in [4.69, 9.17) is 10.1 Å². The zero-order valence-electron chi connectivity index (χ0n) is 8.61. The van der Waals surface area contributed by atoms with Crippen LogP contribution in [0.5, 0.6) is 5.75 Å². The van der Waals surface area contributed by atoms with Crippen molar-refractivity contribution in [3.63, 3.8) is 0 Å². The molecule has 0 saturated heterocycles. The van der Waals surface area contributed by atoms with Crippen molar-refractivity contribution in [1.82, 2.24) is 4.90 Å². The molecule has 3 nitrogen and oxygen atoms in total. The number of rotatable bonds is 3. The van der Waals surface area contributed by atoms with Gasteiger partial charge < -0.3 is 15.0 Å². The van der Waals surface area contributed by atoms with Crippen molar-refractivity contribution >= 4 is 11.6 Å². The first kappa shape index (κ1) is 10.4. The van der Waals surface area contributed by atoms with Crippen LogP contribution in [0.2, 0.25) is 0 Å². The lowest BCUT2D eigenvalue weighted by Gasteiger charge is -2.16. The summed E-state index contributed by atoms with van der Waals surface area (Å²) in [6.07, 6.45) is 0. The molecule has 3 heteroatoms. The van der Waals surface area contributed by atoms with Gasteiger partial charge in [0.2, 0.25) is 0 Å². The predicted molar refractivity (Wildman–Crippen MR) is 58.5 cm³/mol. The molecule has 0 heterocycles. The summed E-state index contributed by atoms with van der Waals surface area (Å²) in [5.41, 5.74) is 1.55. The van der Waals surface area contributed by atoms with Crippen LogP contribution in [0, 0.1) is 0 Å². The van der Waals surface area contributed by atoms with Gasteiger partial charge in [0, 0.05) is 19.7 Å². The monoisotopic (exact) mass is 189 g/mol. The summed E-state index contributed by atoms with van der Waals surface area (Å²) in [7, 11) is 5.32. The molecule has 74 valence electrons. The number of hydrogen-bond donors (Lipinski definition) is 0. The maximum Gasteiger partial charge on any atom is 0.118 e. The molecule has 0 atom stereocenters. The van der Waals surface area contributed by atoms with E-state index in [1.54, 1.807) is 12.0 Å². The van der Waals surface area contributed by atoms with Crippen molar-refractivity contribution in [3.8, 4) is 5.75 Å². The van der Waals surface area contributed by atoms with E-state index in [0.29, 0.717) is 5.70 Å². The van der Waals surface area contributed by atoms with Crippen LogP contribution in [0.3, 0.4) is 0 Å². The molecule has 0 aromatic heterocycles. The van der Waals surface area contributed by atoms with Crippen LogP contribution in [-0.2, 0) is 0 Å². The molecule has 0 bridgehead atoms. The van der Waals surface area contributed by atoms with E-state index in [9.17, 15) is 0 Å². The lowest BCUT2D eigenvalue weighted by atomic mass is 10.1. The molecule has 0 spiro atoms. The summed E-state index contributed by atoms with van der Waals surface area (Å²) in [5.74, 6) is 2.95. The average Bonchev–Trinajstić information content (AvgIpc) is 2.19. The molecule has 0 aliphatic heterocycles. The summed E-state index contributed by atoms with van der Waals surface area (Å²) < 4.78 is 5.04. The van der Waals surface area contributed by atoms with E-state index in [1.165, 1.54) is 0 Å². The number of hydrogen-bond acceptors (Lipinski definition) is 2. The zero-order chi connectivity index (χ0) is 10.6. The summed E-state index contributed by atoms with van der Waals surface area (Å²) in [5, 5.41) is 8.92. The van der Waals surface area contributed by atoms with Gasteiger partial charge in [-0.2, -0.15) is 0 Å². The van der Waals surface area contributed by atoms with Gasteiger partial charge >= 0.3 is 0 Å². The van der Waals surface area contributed by atoms with Crippen LogP contribution in [0.25, 0.3) is 11.1 Å². The number of ether oxygens (including phenoxy) is 1. The topological polar surface area (TPSA) is 34.8 Å². The first-order valence-corrected chi connectivity index (χ1v) is 4.28. The molecule has 1 aromatic rings. The third-order valence-electron chi connectivity index (χ3n) is 1.92. The minimum atomic E-state index is 0.646. The highest BCUT2D eigenvalue weighted by molar-refractivity contribution is 5.89. The minimum absolute atomic E-state index is 0.646. The van der Waals surface area contributed by atoms with Gasteiger partial charge in [0.1, 0.15) is 5.75 Å². The number of methoxy groups -OCH3 is 1. The summed E-state index contributed by atoms with van der Waals surface area (Å²) in [4.78, 5) is 1.79. The molecule has 0 unspecified atom stereocenters. The Morgan fingerprint density at radius 2 is 1.86 bits per heavy atom. The van der Waals surface area contributed by atoms with Crippen molar-refractivity contribution < 1.29 is 4.74 Å². The van der Waals surface area contributed by atoms with Crippen LogP contribution in [0.15, 0.2) is 24.3 Å². The fourth-order valence-corrected chi connectivity index (χ4v) is 1.17. The quantitative estimate of drug-likeness (QED) is 0.680. The molecule has 0 saturated carbocycles. The molecule has 0 fully saturated rings. The standard InChI is InChI=1S/C11H13N2O/c1-13(2)11(8-12)9-4-6-10(14-3)7-5-9/h4-7H,1-3H3/q-1. The van der Waals surface area contributed by atoms with Gasteiger partial charge in [-0.1, -0.05) is 0 Å². The highest BCUT2D eigenvalue weighted by Gasteiger charge is 2.00. The second-order valence-electron chi connectivity index (χ2n) is 3.08. The number of benzene rings is 1. The van der Waals surface area contributed by atoms with Gasteiger partial charge in [0.05, 0.1) is 12.8 Å². The smallest absolute Gasteiger partial charge is 0.118 e. The first-order chi connectivity index (χ1) is 6.69. The maximum absolute atomic E-state index is 8.92. The average molecular weight is 189 g/mol. The van der Waals surface area contributed by atoms with Crippen molar-refractivity contribution in [1.29, 1.82) is 0 Å². The Bertz CT molecular complexity index is 348. The Labute approximate surface area is 84.1 Å². The fourth-order valence-electron chi connectivity index (χ4n) is 1.17. The van der Waals surface area contributed by atoms with E-state index < -0.39 is 0 Å². The molecular formula is C11H13N2O-. The van der Waals surface area contributed by atoms with Gasteiger partial charge in [-0.05, 0) is 24.3 Å². The van der Waals surface area contributed by atoms with Crippen LogP contribution >= 0.6 is 0 Å². The molecule has 0 aliphatic carbocycles. The lowest BCUT2D eigenvalue weighted by molar-refractivity contribution is 0.414. The summed E-state index contributed by atoms with van der Waals surface area (Å²) >= 11 is 0. The van der Waals surface area contributed by atoms with Gasteiger partial charge in [-0.25, -0.2) is 5.87 Å². The molecule has 0 radical (unpaired) electrons.